The summed E-state index contributed by atoms with van der Waals surface area (Å²) in [5.74, 6) is 1.20. The highest BCUT2D eigenvalue weighted by atomic mass is 35.5. The standard InChI is InChI=1S/C26H26ClFN4O/c27-19-9-5-17(6-10-19)24-25(18-3-4-18)30-32-22(16-7-11-20(28)12-8-16)14-23(29-26(24)32)31-13-1-2-21(31)15-33/h5,7-12,14,17-18,21,33H,1-4,6,13,15H2/t17?,21-/m0/s1. The summed E-state index contributed by atoms with van der Waals surface area (Å²) in [6.07, 6.45) is 11.2. The summed E-state index contributed by atoms with van der Waals surface area (Å²) in [7, 11) is 0. The third-order valence-corrected chi connectivity index (χ3v) is 7.33. The van der Waals surface area contributed by atoms with E-state index in [-0.39, 0.29) is 24.4 Å². The van der Waals surface area contributed by atoms with Crippen LogP contribution in [0.15, 0.2) is 53.6 Å². The number of hydrogen-bond acceptors (Lipinski definition) is 4. The fourth-order valence-corrected chi connectivity index (χ4v) is 5.32. The molecule has 0 radical (unpaired) electrons. The highest BCUT2D eigenvalue weighted by molar-refractivity contribution is 6.31. The summed E-state index contributed by atoms with van der Waals surface area (Å²) < 4.78 is 15.6. The first-order valence-electron chi connectivity index (χ1n) is 11.7. The van der Waals surface area contributed by atoms with Gasteiger partial charge in [-0.25, -0.2) is 13.9 Å². The zero-order chi connectivity index (χ0) is 22.5. The molecule has 1 aromatic carbocycles. The molecule has 6 rings (SSSR count). The van der Waals surface area contributed by atoms with Gasteiger partial charge in [0, 0.05) is 40.6 Å². The molecule has 1 unspecified atom stereocenters. The molecule has 2 aliphatic carbocycles. The number of anilines is 1. The second-order valence-electron chi connectivity index (χ2n) is 9.28. The number of hydrogen-bond donors (Lipinski definition) is 1. The van der Waals surface area contributed by atoms with Crippen molar-refractivity contribution in [3.63, 3.8) is 0 Å². The van der Waals surface area contributed by atoms with Crippen molar-refractivity contribution in [2.45, 2.75) is 50.0 Å². The summed E-state index contributed by atoms with van der Waals surface area (Å²) in [6.45, 7) is 0.963. The van der Waals surface area contributed by atoms with Gasteiger partial charge in [0.25, 0.3) is 0 Å². The minimum absolute atomic E-state index is 0.0617. The molecule has 2 aromatic heterocycles. The molecule has 1 aliphatic heterocycles. The molecule has 3 heterocycles. The lowest BCUT2D eigenvalue weighted by Crippen LogP contribution is -2.33. The maximum Gasteiger partial charge on any atom is 0.162 e. The number of fused-ring (bicyclic) bond motifs is 1. The molecule has 1 saturated carbocycles. The van der Waals surface area contributed by atoms with Gasteiger partial charge in [0.15, 0.2) is 5.65 Å². The van der Waals surface area contributed by atoms with E-state index in [0.29, 0.717) is 5.92 Å². The van der Waals surface area contributed by atoms with Gasteiger partial charge in [-0.05, 0) is 62.4 Å². The van der Waals surface area contributed by atoms with Crippen LogP contribution in [0.1, 0.15) is 55.2 Å². The third kappa shape index (κ3) is 3.75. The van der Waals surface area contributed by atoms with Crippen LogP contribution in [0.5, 0.6) is 0 Å². The summed E-state index contributed by atoms with van der Waals surface area (Å²) in [5.41, 5.74) is 4.91. The zero-order valence-electron chi connectivity index (χ0n) is 18.3. The quantitative estimate of drug-likeness (QED) is 0.538. The summed E-state index contributed by atoms with van der Waals surface area (Å²) >= 11 is 6.21. The Morgan fingerprint density at radius 1 is 1.15 bits per heavy atom. The highest BCUT2D eigenvalue weighted by Crippen LogP contribution is 2.46. The number of aliphatic hydroxyl groups excluding tert-OH is 1. The molecular formula is C26H26ClFN4O. The van der Waals surface area contributed by atoms with Crippen LogP contribution in [0.3, 0.4) is 0 Å². The Kier molecular flexibility index (Phi) is 5.23. The van der Waals surface area contributed by atoms with E-state index < -0.39 is 0 Å². The predicted octanol–water partition coefficient (Wildman–Crippen LogP) is 5.54. The zero-order valence-corrected chi connectivity index (χ0v) is 19.0. The van der Waals surface area contributed by atoms with Crippen LogP contribution in [0.2, 0.25) is 0 Å². The van der Waals surface area contributed by atoms with Crippen molar-refractivity contribution in [3.8, 4) is 11.3 Å². The van der Waals surface area contributed by atoms with Gasteiger partial charge in [-0.1, -0.05) is 23.8 Å². The van der Waals surface area contributed by atoms with Gasteiger partial charge >= 0.3 is 0 Å². The third-order valence-electron chi connectivity index (χ3n) is 7.05. The minimum atomic E-state index is -0.264. The molecule has 0 spiro atoms. The minimum Gasteiger partial charge on any atom is -0.394 e. The highest BCUT2D eigenvalue weighted by Gasteiger charge is 2.35. The lowest BCUT2D eigenvalue weighted by atomic mass is 9.91. The van der Waals surface area contributed by atoms with E-state index in [1.165, 1.54) is 17.7 Å². The first-order chi connectivity index (χ1) is 16.1. The van der Waals surface area contributed by atoms with Gasteiger partial charge < -0.3 is 10.0 Å². The van der Waals surface area contributed by atoms with Crippen LogP contribution in [-0.2, 0) is 0 Å². The molecule has 1 saturated heterocycles. The van der Waals surface area contributed by atoms with Gasteiger partial charge in [-0.15, -0.1) is 0 Å². The number of rotatable bonds is 5. The van der Waals surface area contributed by atoms with Gasteiger partial charge in [-0.3, -0.25) is 0 Å². The lowest BCUT2D eigenvalue weighted by Gasteiger charge is -2.25. The Balaban J connectivity index is 1.59. The van der Waals surface area contributed by atoms with E-state index >= 15 is 0 Å². The second-order valence-corrected chi connectivity index (χ2v) is 9.71. The Morgan fingerprint density at radius 3 is 2.67 bits per heavy atom. The van der Waals surface area contributed by atoms with Gasteiger partial charge in [0.1, 0.15) is 11.6 Å². The van der Waals surface area contributed by atoms with Crippen molar-refractivity contribution in [3.05, 3.63) is 70.7 Å². The van der Waals surface area contributed by atoms with Crippen molar-refractivity contribution in [1.82, 2.24) is 14.6 Å². The monoisotopic (exact) mass is 464 g/mol. The molecule has 0 amide bonds. The van der Waals surface area contributed by atoms with Crippen molar-refractivity contribution < 1.29 is 9.50 Å². The van der Waals surface area contributed by atoms with E-state index in [9.17, 15) is 9.50 Å². The van der Waals surface area contributed by atoms with E-state index in [1.807, 2.05) is 16.7 Å². The van der Waals surface area contributed by atoms with E-state index in [4.69, 9.17) is 21.7 Å². The van der Waals surface area contributed by atoms with Gasteiger partial charge in [-0.2, -0.15) is 5.10 Å². The number of benzene rings is 1. The van der Waals surface area contributed by atoms with E-state index in [2.05, 4.69) is 17.1 Å². The fourth-order valence-electron chi connectivity index (χ4n) is 5.16. The molecule has 1 N–H and O–H groups in total. The molecular weight excluding hydrogens is 439 g/mol. The maximum atomic E-state index is 13.7. The van der Waals surface area contributed by atoms with Gasteiger partial charge in [0.05, 0.1) is 24.0 Å². The van der Waals surface area contributed by atoms with Crippen LogP contribution < -0.4 is 4.90 Å². The first kappa shape index (κ1) is 20.9. The van der Waals surface area contributed by atoms with Crippen LogP contribution in [0.25, 0.3) is 16.9 Å². The predicted molar refractivity (Wildman–Crippen MR) is 128 cm³/mol. The Bertz CT molecular complexity index is 1260. The van der Waals surface area contributed by atoms with Crippen LogP contribution >= 0.6 is 11.6 Å². The number of nitrogens with zero attached hydrogens (tertiary/aromatic N) is 4. The molecule has 33 heavy (non-hydrogen) atoms. The van der Waals surface area contributed by atoms with E-state index in [1.54, 1.807) is 12.1 Å². The summed E-state index contributed by atoms with van der Waals surface area (Å²) in [4.78, 5) is 7.34. The van der Waals surface area contributed by atoms with Crippen LogP contribution in [-0.4, -0.2) is 38.9 Å². The van der Waals surface area contributed by atoms with E-state index in [0.717, 1.165) is 72.1 Å². The SMILES string of the molecule is OC[C@@H]1CCCN1c1cc(-c2ccc(F)cc2)n2nc(C3CC3)c(C3C=CC(Cl)=CC3)c2n1. The normalized spacial score (nSPS) is 22.9. The summed E-state index contributed by atoms with van der Waals surface area (Å²) in [6, 6.07) is 8.65. The Morgan fingerprint density at radius 2 is 1.97 bits per heavy atom. The Labute approximate surface area is 197 Å². The number of allylic oxidation sites excluding steroid dienone is 4. The summed E-state index contributed by atoms with van der Waals surface area (Å²) in [5, 5.41) is 15.8. The molecule has 170 valence electrons. The maximum absolute atomic E-state index is 13.7. The van der Waals surface area contributed by atoms with Crippen molar-refractivity contribution >= 4 is 23.1 Å². The van der Waals surface area contributed by atoms with Crippen LogP contribution in [0, 0.1) is 5.82 Å². The molecule has 2 fully saturated rings. The van der Waals surface area contributed by atoms with Crippen LogP contribution in [0.4, 0.5) is 10.2 Å². The largest absolute Gasteiger partial charge is 0.394 e. The van der Waals surface area contributed by atoms with Crippen molar-refractivity contribution in [1.29, 1.82) is 0 Å². The molecule has 3 aliphatic rings. The molecule has 2 atom stereocenters. The molecule has 5 nitrogen and oxygen atoms in total. The second kappa shape index (κ2) is 8.26. The van der Waals surface area contributed by atoms with Crippen molar-refractivity contribution in [2.24, 2.45) is 0 Å². The van der Waals surface area contributed by atoms with Crippen molar-refractivity contribution in [2.75, 3.05) is 18.1 Å². The number of aliphatic hydroxyl groups is 1. The topological polar surface area (TPSA) is 53.7 Å². The smallest absolute Gasteiger partial charge is 0.162 e. The van der Waals surface area contributed by atoms with Gasteiger partial charge in [0.2, 0.25) is 0 Å². The number of aromatic nitrogens is 3. The average molecular weight is 465 g/mol. The average Bonchev–Trinajstić information content (AvgIpc) is 3.44. The lowest BCUT2D eigenvalue weighted by molar-refractivity contribution is 0.266. The Hall–Kier alpha value is -2.70. The fraction of sp³-hybridized carbons (Fsp3) is 0.385. The molecule has 0 bridgehead atoms. The molecule has 3 aromatic rings. The number of halogens is 2. The molecule has 7 heteroatoms. The first-order valence-corrected chi connectivity index (χ1v) is 12.1.